The Morgan fingerprint density at radius 3 is 2.28 bits per heavy atom. The third-order valence-corrected chi connectivity index (χ3v) is 3.00. The maximum Gasteiger partial charge on any atom is 0.340 e. The molecule has 0 aromatic heterocycles. The predicted octanol–water partition coefficient (Wildman–Crippen LogP) is 2.76. The van der Waals surface area contributed by atoms with E-state index in [1.165, 1.54) is 11.8 Å². The highest BCUT2D eigenvalue weighted by molar-refractivity contribution is 7.98. The third kappa shape index (κ3) is 3.26. The summed E-state index contributed by atoms with van der Waals surface area (Å²) in [7, 11) is 0. The number of thioether (sulfide) groups is 1. The molecule has 0 spiro atoms. The molecule has 0 saturated heterocycles. The molecule has 0 aliphatic heterocycles. The van der Waals surface area contributed by atoms with Crippen LogP contribution in [0.3, 0.4) is 0 Å². The van der Waals surface area contributed by atoms with Crippen molar-refractivity contribution in [1.29, 1.82) is 0 Å². The normalized spacial score (nSPS) is 9.94. The van der Waals surface area contributed by atoms with E-state index in [0.717, 1.165) is 0 Å². The minimum atomic E-state index is -0.503. The monoisotopic (exact) mass is 268 g/mol. The Balaban J connectivity index is 3.24. The van der Waals surface area contributed by atoms with Gasteiger partial charge in [0.15, 0.2) is 0 Å². The smallest absolute Gasteiger partial charge is 0.340 e. The SMILES string of the molecule is CCOC(=O)c1cccc(SC)c1C(=O)OCC. The summed E-state index contributed by atoms with van der Waals surface area (Å²) in [4.78, 5) is 24.4. The first kappa shape index (κ1) is 14.6. The third-order valence-electron chi connectivity index (χ3n) is 2.22. The summed E-state index contributed by atoms with van der Waals surface area (Å²) in [5, 5.41) is 0. The fourth-order valence-corrected chi connectivity index (χ4v) is 2.11. The number of hydrogen-bond donors (Lipinski definition) is 0. The van der Waals surface area contributed by atoms with Crippen LogP contribution in [0.2, 0.25) is 0 Å². The van der Waals surface area contributed by atoms with Crippen molar-refractivity contribution in [2.24, 2.45) is 0 Å². The van der Waals surface area contributed by atoms with Gasteiger partial charge in [0.05, 0.1) is 24.3 Å². The molecule has 0 unspecified atom stereocenters. The highest BCUT2D eigenvalue weighted by Gasteiger charge is 2.22. The summed E-state index contributed by atoms with van der Waals surface area (Å²) >= 11 is 1.39. The molecular weight excluding hydrogens is 252 g/mol. The molecule has 0 N–H and O–H groups in total. The van der Waals surface area contributed by atoms with Crippen molar-refractivity contribution in [1.82, 2.24) is 0 Å². The van der Waals surface area contributed by atoms with E-state index in [-0.39, 0.29) is 24.3 Å². The van der Waals surface area contributed by atoms with Crippen LogP contribution in [0.4, 0.5) is 0 Å². The second-order valence-electron chi connectivity index (χ2n) is 3.32. The van der Waals surface area contributed by atoms with Gasteiger partial charge in [-0.2, -0.15) is 0 Å². The molecule has 4 nitrogen and oxygen atoms in total. The number of rotatable bonds is 5. The summed E-state index contributed by atoms with van der Waals surface area (Å²) in [6.07, 6.45) is 1.84. The molecule has 1 aromatic rings. The Bertz CT molecular complexity index is 443. The summed E-state index contributed by atoms with van der Waals surface area (Å²) in [5.74, 6) is -0.998. The van der Waals surface area contributed by atoms with Crippen LogP contribution in [0.1, 0.15) is 34.6 Å². The fourth-order valence-electron chi connectivity index (χ4n) is 1.49. The van der Waals surface area contributed by atoms with Crippen molar-refractivity contribution in [3.05, 3.63) is 29.3 Å². The molecule has 5 heteroatoms. The van der Waals surface area contributed by atoms with Crippen molar-refractivity contribution in [2.45, 2.75) is 18.7 Å². The first-order chi connectivity index (χ1) is 8.65. The molecule has 0 fully saturated rings. The lowest BCUT2D eigenvalue weighted by Gasteiger charge is -2.11. The van der Waals surface area contributed by atoms with Gasteiger partial charge in [0, 0.05) is 4.90 Å². The second-order valence-corrected chi connectivity index (χ2v) is 4.17. The second kappa shape index (κ2) is 7.06. The first-order valence-corrected chi connectivity index (χ1v) is 6.89. The first-order valence-electron chi connectivity index (χ1n) is 5.66. The van der Waals surface area contributed by atoms with Gasteiger partial charge in [-0.3, -0.25) is 0 Å². The number of carbonyl (C=O) groups is 2. The maximum absolute atomic E-state index is 11.9. The lowest BCUT2D eigenvalue weighted by molar-refractivity contribution is 0.0475. The molecule has 0 amide bonds. The van der Waals surface area contributed by atoms with Gasteiger partial charge in [-0.25, -0.2) is 9.59 Å². The van der Waals surface area contributed by atoms with Crippen LogP contribution < -0.4 is 0 Å². The van der Waals surface area contributed by atoms with Crippen LogP contribution in [0.5, 0.6) is 0 Å². The summed E-state index contributed by atoms with van der Waals surface area (Å²) < 4.78 is 9.92. The largest absolute Gasteiger partial charge is 0.462 e. The zero-order chi connectivity index (χ0) is 13.5. The van der Waals surface area contributed by atoms with E-state index in [9.17, 15) is 9.59 Å². The molecule has 1 rings (SSSR count). The zero-order valence-electron chi connectivity index (χ0n) is 10.7. The van der Waals surface area contributed by atoms with Crippen LogP contribution in [0, 0.1) is 0 Å². The minimum Gasteiger partial charge on any atom is -0.462 e. The van der Waals surface area contributed by atoms with Crippen LogP contribution in [-0.2, 0) is 9.47 Å². The lowest BCUT2D eigenvalue weighted by Crippen LogP contribution is -2.15. The standard InChI is InChI=1S/C13H16O4S/c1-4-16-12(14)9-7-6-8-10(18-3)11(9)13(15)17-5-2/h6-8H,4-5H2,1-3H3. The van der Waals surface area contributed by atoms with Gasteiger partial charge in [-0.15, -0.1) is 11.8 Å². The number of carbonyl (C=O) groups excluding carboxylic acids is 2. The molecule has 0 aliphatic rings. The van der Waals surface area contributed by atoms with E-state index in [0.29, 0.717) is 4.90 Å². The highest BCUT2D eigenvalue weighted by Crippen LogP contribution is 2.25. The van der Waals surface area contributed by atoms with Crippen molar-refractivity contribution < 1.29 is 19.1 Å². The molecule has 0 atom stereocenters. The minimum absolute atomic E-state index is 0.252. The van der Waals surface area contributed by atoms with E-state index < -0.39 is 11.9 Å². The van der Waals surface area contributed by atoms with Crippen LogP contribution >= 0.6 is 11.8 Å². The fraction of sp³-hybridized carbons (Fsp3) is 0.385. The maximum atomic E-state index is 11.9. The van der Waals surface area contributed by atoms with Crippen molar-refractivity contribution in [3.8, 4) is 0 Å². The Labute approximate surface area is 111 Å². The Morgan fingerprint density at radius 1 is 1.11 bits per heavy atom. The van der Waals surface area contributed by atoms with Gasteiger partial charge in [-0.05, 0) is 32.2 Å². The van der Waals surface area contributed by atoms with Gasteiger partial charge >= 0.3 is 11.9 Å². The Morgan fingerprint density at radius 2 is 1.72 bits per heavy atom. The van der Waals surface area contributed by atoms with Crippen LogP contribution in [-0.4, -0.2) is 31.4 Å². The average molecular weight is 268 g/mol. The van der Waals surface area contributed by atoms with Crippen molar-refractivity contribution in [3.63, 3.8) is 0 Å². The molecule has 98 valence electrons. The topological polar surface area (TPSA) is 52.6 Å². The quantitative estimate of drug-likeness (QED) is 0.607. The molecular formula is C13H16O4S. The Kier molecular flexibility index (Phi) is 5.71. The van der Waals surface area contributed by atoms with Gasteiger partial charge < -0.3 is 9.47 Å². The van der Waals surface area contributed by atoms with E-state index in [2.05, 4.69) is 0 Å². The Hall–Kier alpha value is -1.49. The summed E-state index contributed by atoms with van der Waals surface area (Å²) in [5.41, 5.74) is 0.535. The molecule has 1 aromatic carbocycles. The average Bonchev–Trinajstić information content (AvgIpc) is 2.38. The molecule has 0 bridgehead atoms. The molecule has 0 saturated carbocycles. The predicted molar refractivity (Wildman–Crippen MR) is 70.1 cm³/mol. The van der Waals surface area contributed by atoms with Crippen LogP contribution in [0.15, 0.2) is 23.1 Å². The number of benzene rings is 1. The highest BCUT2D eigenvalue weighted by atomic mass is 32.2. The van der Waals surface area contributed by atoms with Crippen molar-refractivity contribution in [2.75, 3.05) is 19.5 Å². The zero-order valence-corrected chi connectivity index (χ0v) is 11.5. The number of hydrogen-bond acceptors (Lipinski definition) is 5. The van der Waals surface area contributed by atoms with E-state index >= 15 is 0 Å². The molecule has 0 heterocycles. The summed E-state index contributed by atoms with van der Waals surface area (Å²) in [6.45, 7) is 3.98. The van der Waals surface area contributed by atoms with Gasteiger partial charge in [0.1, 0.15) is 0 Å². The molecule has 18 heavy (non-hydrogen) atoms. The molecule has 0 aliphatic carbocycles. The van der Waals surface area contributed by atoms with E-state index in [1.807, 2.05) is 6.26 Å². The van der Waals surface area contributed by atoms with Gasteiger partial charge in [0.25, 0.3) is 0 Å². The van der Waals surface area contributed by atoms with Gasteiger partial charge in [0.2, 0.25) is 0 Å². The van der Waals surface area contributed by atoms with Crippen LogP contribution in [0.25, 0.3) is 0 Å². The number of ether oxygens (including phenoxy) is 2. The van der Waals surface area contributed by atoms with E-state index in [4.69, 9.17) is 9.47 Å². The van der Waals surface area contributed by atoms with E-state index in [1.54, 1.807) is 32.0 Å². The molecule has 0 radical (unpaired) electrons. The lowest BCUT2D eigenvalue weighted by atomic mass is 10.1. The van der Waals surface area contributed by atoms with Crippen molar-refractivity contribution >= 4 is 23.7 Å². The number of esters is 2. The summed E-state index contributed by atoms with van der Waals surface area (Å²) in [6, 6.07) is 5.07. The van der Waals surface area contributed by atoms with Gasteiger partial charge in [-0.1, -0.05) is 6.07 Å².